The van der Waals surface area contributed by atoms with Gasteiger partial charge < -0.3 is 9.47 Å². The monoisotopic (exact) mass is 497 g/mol. The molecule has 2 heterocycles. The van der Waals surface area contributed by atoms with Crippen molar-refractivity contribution in [3.05, 3.63) is 89.2 Å². The third-order valence-electron chi connectivity index (χ3n) is 7.67. The predicted octanol–water partition coefficient (Wildman–Crippen LogP) is 5.30. The molecular formula is C30H35N5O2. The average Bonchev–Trinajstić information content (AvgIpc) is 3.32. The number of fused-ring (bicyclic) bond motifs is 2. The molecule has 1 aliphatic heterocycles. The predicted molar refractivity (Wildman–Crippen MR) is 147 cm³/mol. The summed E-state index contributed by atoms with van der Waals surface area (Å²) in [4.78, 5) is 31.4. The Hall–Kier alpha value is -3.87. The van der Waals surface area contributed by atoms with Crippen molar-refractivity contribution in [2.24, 2.45) is 5.10 Å². The number of hydrogen-bond acceptors (Lipinski definition) is 3. The molecule has 0 bridgehead atoms. The minimum Gasteiger partial charge on any atom is -0.365 e. The highest BCUT2D eigenvalue weighted by Gasteiger charge is 2.38. The summed E-state index contributed by atoms with van der Waals surface area (Å²) in [7, 11) is 3.73. The lowest BCUT2D eigenvalue weighted by Crippen LogP contribution is -2.43. The number of amidine groups is 1. The first-order valence-electron chi connectivity index (χ1n) is 13.1. The Kier molecular flexibility index (Phi) is 7.12. The summed E-state index contributed by atoms with van der Waals surface area (Å²) in [5, 5.41) is 4.27. The molecule has 1 fully saturated rings. The molecular weight excluding hydrogens is 462 g/mol. The van der Waals surface area contributed by atoms with Crippen molar-refractivity contribution in [2.45, 2.75) is 57.5 Å². The summed E-state index contributed by atoms with van der Waals surface area (Å²) in [6.45, 7) is 2.40. The van der Waals surface area contributed by atoms with Crippen molar-refractivity contribution in [3.63, 3.8) is 0 Å². The van der Waals surface area contributed by atoms with Crippen LogP contribution in [0.25, 0.3) is 0 Å². The van der Waals surface area contributed by atoms with Crippen LogP contribution in [0.4, 0.5) is 5.69 Å². The van der Waals surface area contributed by atoms with Crippen molar-refractivity contribution in [1.82, 2.24) is 14.9 Å². The Bertz CT molecular complexity index is 1300. The zero-order valence-electron chi connectivity index (χ0n) is 21.9. The van der Waals surface area contributed by atoms with Crippen LogP contribution in [0.15, 0.2) is 72.0 Å². The van der Waals surface area contributed by atoms with Crippen LogP contribution in [-0.4, -0.2) is 41.2 Å². The third kappa shape index (κ3) is 5.03. The second-order valence-electron chi connectivity index (χ2n) is 10.3. The van der Waals surface area contributed by atoms with Gasteiger partial charge in [0, 0.05) is 32.4 Å². The summed E-state index contributed by atoms with van der Waals surface area (Å²) in [5.41, 5.74) is 7.04. The number of amides is 2. The number of anilines is 1. The lowest BCUT2D eigenvalue weighted by molar-refractivity contribution is -0.122. The normalized spacial score (nSPS) is 18.0. The highest BCUT2D eigenvalue weighted by Crippen LogP contribution is 2.37. The van der Waals surface area contributed by atoms with Gasteiger partial charge in [-0.1, -0.05) is 49.6 Å². The van der Waals surface area contributed by atoms with Gasteiger partial charge in [-0.3, -0.25) is 14.5 Å². The molecule has 3 aromatic rings. The van der Waals surface area contributed by atoms with Gasteiger partial charge in [0.2, 0.25) is 0 Å². The van der Waals surface area contributed by atoms with Gasteiger partial charge in [-0.05, 0) is 67.1 Å². The number of para-hydroxylation sites is 1. The summed E-state index contributed by atoms with van der Waals surface area (Å²) < 4.78 is 2.03. The third-order valence-corrected chi connectivity index (χ3v) is 7.67. The molecule has 0 saturated heterocycles. The summed E-state index contributed by atoms with van der Waals surface area (Å²) in [5.74, 6) is 0.668. The van der Waals surface area contributed by atoms with Crippen LogP contribution in [-0.2, 0) is 11.3 Å². The van der Waals surface area contributed by atoms with Crippen LogP contribution in [0.3, 0.4) is 0 Å². The quantitative estimate of drug-likeness (QED) is 0.302. The van der Waals surface area contributed by atoms with E-state index in [4.69, 9.17) is 0 Å². The Labute approximate surface area is 218 Å². The van der Waals surface area contributed by atoms with E-state index < -0.39 is 6.04 Å². The molecule has 1 unspecified atom stereocenters. The van der Waals surface area contributed by atoms with Gasteiger partial charge in [-0.15, -0.1) is 0 Å². The minimum atomic E-state index is -0.872. The molecule has 2 amide bonds. The van der Waals surface area contributed by atoms with Gasteiger partial charge >= 0.3 is 0 Å². The second-order valence-corrected chi connectivity index (χ2v) is 10.3. The van der Waals surface area contributed by atoms with E-state index in [2.05, 4.69) is 22.7 Å². The molecule has 0 radical (unpaired) electrons. The van der Waals surface area contributed by atoms with Gasteiger partial charge in [0.25, 0.3) is 11.8 Å². The van der Waals surface area contributed by atoms with E-state index in [0.717, 1.165) is 16.9 Å². The molecule has 1 aromatic heterocycles. The number of nitrogens with one attached hydrogen (secondary N) is 1. The first-order valence-corrected chi connectivity index (χ1v) is 13.1. The maximum atomic E-state index is 14.2. The van der Waals surface area contributed by atoms with Crippen molar-refractivity contribution in [3.8, 4) is 0 Å². The van der Waals surface area contributed by atoms with E-state index in [1.54, 1.807) is 4.90 Å². The summed E-state index contributed by atoms with van der Waals surface area (Å²) in [6.07, 6.45) is 8.21. The molecule has 1 N–H and O–H groups in total. The lowest BCUT2D eigenvalue weighted by Gasteiger charge is -2.30. The molecule has 1 aliphatic carbocycles. The van der Waals surface area contributed by atoms with E-state index in [1.165, 1.54) is 37.7 Å². The van der Waals surface area contributed by atoms with E-state index in [9.17, 15) is 9.59 Å². The number of rotatable bonds is 4. The zero-order valence-corrected chi connectivity index (χ0v) is 21.9. The van der Waals surface area contributed by atoms with Gasteiger partial charge in [-0.25, -0.2) is 5.43 Å². The van der Waals surface area contributed by atoms with E-state index in [0.29, 0.717) is 23.9 Å². The Balaban J connectivity index is 1.54. The number of aromatic nitrogens is 1. The molecule has 5 rings (SSSR count). The Morgan fingerprint density at radius 1 is 0.946 bits per heavy atom. The van der Waals surface area contributed by atoms with Gasteiger partial charge in [0.05, 0.1) is 11.4 Å². The fourth-order valence-electron chi connectivity index (χ4n) is 5.40. The molecule has 7 heteroatoms. The van der Waals surface area contributed by atoms with E-state index in [-0.39, 0.29) is 11.8 Å². The molecule has 37 heavy (non-hydrogen) atoms. The van der Waals surface area contributed by atoms with Gasteiger partial charge in [0.1, 0.15) is 5.84 Å². The maximum absolute atomic E-state index is 14.2. The smallest absolute Gasteiger partial charge is 0.269 e. The van der Waals surface area contributed by atoms with Crippen LogP contribution >= 0.6 is 0 Å². The maximum Gasteiger partial charge on any atom is 0.269 e. The van der Waals surface area contributed by atoms with Crippen molar-refractivity contribution >= 4 is 23.3 Å². The standard InChI is InChI=1S/C30H35N5O2/c1-21(33(2)3)31-32-29(36)28-27-14-9-19-34(27)20-25-12-7-8-13-26(25)35(28)30(37)24-17-15-23(16-18-24)22-10-5-4-6-11-22/h7-9,12-19,22,28H,4-6,10-11,20H2,1-3H3,(H,32,36). The van der Waals surface area contributed by atoms with Gasteiger partial charge in [0.15, 0.2) is 6.04 Å². The largest absolute Gasteiger partial charge is 0.365 e. The highest BCUT2D eigenvalue weighted by molar-refractivity contribution is 6.10. The highest BCUT2D eigenvalue weighted by atomic mass is 16.2. The van der Waals surface area contributed by atoms with E-state index >= 15 is 0 Å². The van der Waals surface area contributed by atoms with E-state index in [1.807, 2.05) is 85.2 Å². The number of carbonyl (C=O) groups is 2. The molecule has 192 valence electrons. The topological polar surface area (TPSA) is 69.9 Å². The fourth-order valence-corrected chi connectivity index (χ4v) is 5.40. The molecule has 1 atom stereocenters. The summed E-state index contributed by atoms with van der Waals surface area (Å²) >= 11 is 0. The Morgan fingerprint density at radius 2 is 1.68 bits per heavy atom. The minimum absolute atomic E-state index is 0.203. The molecule has 7 nitrogen and oxygen atoms in total. The van der Waals surface area contributed by atoms with Crippen LogP contribution in [0.5, 0.6) is 0 Å². The number of benzene rings is 2. The van der Waals surface area contributed by atoms with Crippen LogP contribution in [0.1, 0.15) is 78.2 Å². The average molecular weight is 498 g/mol. The SMILES string of the molecule is CC(=NNC(=O)C1c2cccn2Cc2ccccc2N1C(=O)c1ccc(C2CCCCC2)cc1)N(C)C. The van der Waals surface area contributed by atoms with Crippen molar-refractivity contribution in [1.29, 1.82) is 0 Å². The first-order chi connectivity index (χ1) is 17.9. The van der Waals surface area contributed by atoms with Crippen molar-refractivity contribution in [2.75, 3.05) is 19.0 Å². The number of hydrogen-bond donors (Lipinski definition) is 1. The molecule has 0 spiro atoms. The number of carbonyl (C=O) groups excluding carboxylic acids is 2. The summed E-state index contributed by atoms with van der Waals surface area (Å²) in [6, 6.07) is 18.8. The number of nitrogens with zero attached hydrogens (tertiary/aromatic N) is 4. The van der Waals surface area contributed by atoms with Gasteiger partial charge in [-0.2, -0.15) is 5.10 Å². The second kappa shape index (κ2) is 10.6. The Morgan fingerprint density at radius 3 is 2.41 bits per heavy atom. The first kappa shape index (κ1) is 24.8. The van der Waals surface area contributed by atoms with Crippen molar-refractivity contribution < 1.29 is 9.59 Å². The lowest BCUT2D eigenvalue weighted by atomic mass is 9.84. The van der Waals surface area contributed by atoms with Crippen LogP contribution in [0.2, 0.25) is 0 Å². The molecule has 2 aliphatic rings. The van der Waals surface area contributed by atoms with Crippen LogP contribution < -0.4 is 10.3 Å². The molecule has 2 aromatic carbocycles. The number of hydrazone groups is 1. The fraction of sp³-hybridized carbons (Fsp3) is 0.367. The van der Waals surface area contributed by atoms with Crippen LogP contribution in [0, 0.1) is 0 Å². The molecule has 1 saturated carbocycles. The zero-order chi connectivity index (χ0) is 25.9.